The molecule has 1 aliphatic carbocycles. The number of rotatable bonds is 2. The zero-order valence-electron chi connectivity index (χ0n) is 11.1. The van der Waals surface area contributed by atoms with Crippen LogP contribution in [0.4, 0.5) is 5.69 Å². The van der Waals surface area contributed by atoms with Crippen molar-refractivity contribution in [3.63, 3.8) is 0 Å². The molecule has 0 bridgehead atoms. The lowest BCUT2D eigenvalue weighted by Gasteiger charge is -2.44. The summed E-state index contributed by atoms with van der Waals surface area (Å²) in [6.07, 6.45) is 4.80. The predicted octanol–water partition coefficient (Wildman–Crippen LogP) is 1.51. The number of fused-ring (bicyclic) bond motifs is 1. The topological polar surface area (TPSA) is 58.4 Å². The van der Waals surface area contributed by atoms with Crippen LogP contribution < -0.4 is 11.1 Å². The van der Waals surface area contributed by atoms with E-state index in [1.165, 1.54) is 24.8 Å². The van der Waals surface area contributed by atoms with Gasteiger partial charge in [-0.05, 0) is 30.5 Å². The Morgan fingerprint density at radius 1 is 1.32 bits per heavy atom. The SMILES string of the molecule is Nc1cccc(CN2CC(=O)NC3CCCCC32)c1. The van der Waals surface area contributed by atoms with Crippen LogP contribution >= 0.6 is 0 Å². The molecule has 0 aromatic heterocycles. The Balaban J connectivity index is 1.76. The molecule has 1 saturated heterocycles. The highest BCUT2D eigenvalue weighted by molar-refractivity contribution is 5.79. The monoisotopic (exact) mass is 259 g/mol. The van der Waals surface area contributed by atoms with E-state index in [4.69, 9.17) is 5.73 Å². The summed E-state index contributed by atoms with van der Waals surface area (Å²) in [5, 5.41) is 3.14. The van der Waals surface area contributed by atoms with Crippen LogP contribution in [0, 0.1) is 0 Å². The molecule has 0 spiro atoms. The molecule has 102 valence electrons. The Bertz CT molecular complexity index is 474. The van der Waals surface area contributed by atoms with Gasteiger partial charge >= 0.3 is 0 Å². The Hall–Kier alpha value is -1.55. The average molecular weight is 259 g/mol. The molecule has 2 fully saturated rings. The van der Waals surface area contributed by atoms with Crippen molar-refractivity contribution in [2.45, 2.75) is 44.3 Å². The van der Waals surface area contributed by atoms with Gasteiger partial charge in [0.25, 0.3) is 0 Å². The highest BCUT2D eigenvalue weighted by Crippen LogP contribution is 2.27. The maximum atomic E-state index is 11.8. The first kappa shape index (κ1) is 12.5. The van der Waals surface area contributed by atoms with Crippen molar-refractivity contribution in [1.29, 1.82) is 0 Å². The Labute approximate surface area is 114 Å². The van der Waals surface area contributed by atoms with E-state index < -0.39 is 0 Å². The average Bonchev–Trinajstić information content (AvgIpc) is 2.38. The van der Waals surface area contributed by atoms with Crippen LogP contribution in [0.25, 0.3) is 0 Å². The minimum absolute atomic E-state index is 0.159. The lowest BCUT2D eigenvalue weighted by atomic mass is 9.87. The molecular weight excluding hydrogens is 238 g/mol. The van der Waals surface area contributed by atoms with E-state index in [0.717, 1.165) is 18.7 Å². The lowest BCUT2D eigenvalue weighted by molar-refractivity contribution is -0.128. The molecule has 19 heavy (non-hydrogen) atoms. The van der Waals surface area contributed by atoms with E-state index in [1.54, 1.807) is 0 Å². The molecule has 1 amide bonds. The molecule has 4 nitrogen and oxygen atoms in total. The number of carbonyl (C=O) groups is 1. The van der Waals surface area contributed by atoms with Crippen LogP contribution in [0.5, 0.6) is 0 Å². The quantitative estimate of drug-likeness (QED) is 0.792. The summed E-state index contributed by atoms with van der Waals surface area (Å²) in [7, 11) is 0. The fourth-order valence-corrected chi connectivity index (χ4v) is 3.37. The van der Waals surface area contributed by atoms with Gasteiger partial charge in [-0.2, -0.15) is 0 Å². The zero-order valence-corrected chi connectivity index (χ0v) is 11.1. The van der Waals surface area contributed by atoms with Gasteiger partial charge in [-0.1, -0.05) is 25.0 Å². The van der Waals surface area contributed by atoms with Gasteiger partial charge in [-0.3, -0.25) is 9.69 Å². The second kappa shape index (κ2) is 5.21. The van der Waals surface area contributed by atoms with Crippen molar-refractivity contribution in [1.82, 2.24) is 10.2 Å². The first-order valence-corrected chi connectivity index (χ1v) is 7.10. The van der Waals surface area contributed by atoms with Gasteiger partial charge in [0.1, 0.15) is 0 Å². The molecule has 2 aliphatic rings. The molecule has 1 saturated carbocycles. The van der Waals surface area contributed by atoms with Crippen LogP contribution in [0.1, 0.15) is 31.2 Å². The second-order valence-corrected chi connectivity index (χ2v) is 5.68. The van der Waals surface area contributed by atoms with E-state index >= 15 is 0 Å². The third-order valence-corrected chi connectivity index (χ3v) is 4.23. The summed E-state index contributed by atoms with van der Waals surface area (Å²) < 4.78 is 0. The van der Waals surface area contributed by atoms with Crippen LogP contribution in [-0.2, 0) is 11.3 Å². The standard InChI is InChI=1S/C15H21N3O/c16-12-5-3-4-11(8-12)9-18-10-15(19)17-13-6-1-2-7-14(13)18/h3-5,8,13-14H,1-2,6-7,9-10,16H2,(H,17,19). The Kier molecular flexibility index (Phi) is 3.42. The Morgan fingerprint density at radius 2 is 2.16 bits per heavy atom. The van der Waals surface area contributed by atoms with Gasteiger partial charge in [0.05, 0.1) is 6.54 Å². The highest BCUT2D eigenvalue weighted by atomic mass is 16.2. The van der Waals surface area contributed by atoms with Gasteiger partial charge in [0.2, 0.25) is 5.91 Å². The summed E-state index contributed by atoms with van der Waals surface area (Å²) >= 11 is 0. The normalized spacial score (nSPS) is 27.7. The Morgan fingerprint density at radius 3 is 3.00 bits per heavy atom. The number of amides is 1. The van der Waals surface area contributed by atoms with Crippen molar-refractivity contribution in [2.75, 3.05) is 12.3 Å². The van der Waals surface area contributed by atoms with Gasteiger partial charge in [-0.15, -0.1) is 0 Å². The largest absolute Gasteiger partial charge is 0.399 e. The summed E-state index contributed by atoms with van der Waals surface area (Å²) in [5.74, 6) is 0.159. The van der Waals surface area contributed by atoms with E-state index in [0.29, 0.717) is 18.6 Å². The number of nitrogen functional groups attached to an aromatic ring is 1. The number of benzene rings is 1. The summed E-state index contributed by atoms with van der Waals surface area (Å²) in [6, 6.07) is 8.80. The van der Waals surface area contributed by atoms with Crippen molar-refractivity contribution < 1.29 is 4.79 Å². The van der Waals surface area contributed by atoms with Crippen molar-refractivity contribution >= 4 is 11.6 Å². The van der Waals surface area contributed by atoms with Gasteiger partial charge in [0, 0.05) is 24.3 Å². The maximum Gasteiger partial charge on any atom is 0.234 e. The third-order valence-electron chi connectivity index (χ3n) is 4.23. The number of hydrogen-bond donors (Lipinski definition) is 2. The number of nitrogens with two attached hydrogens (primary N) is 1. The van der Waals surface area contributed by atoms with Crippen molar-refractivity contribution in [2.24, 2.45) is 0 Å². The molecule has 2 atom stereocenters. The molecule has 0 radical (unpaired) electrons. The number of piperazine rings is 1. The maximum absolute atomic E-state index is 11.8. The lowest BCUT2D eigenvalue weighted by Crippen LogP contribution is -2.61. The van der Waals surface area contributed by atoms with Crippen LogP contribution in [-0.4, -0.2) is 29.4 Å². The number of carbonyl (C=O) groups excluding carboxylic acids is 1. The van der Waals surface area contributed by atoms with Gasteiger partial charge < -0.3 is 11.1 Å². The highest BCUT2D eigenvalue weighted by Gasteiger charge is 2.36. The fraction of sp³-hybridized carbons (Fsp3) is 0.533. The fourth-order valence-electron chi connectivity index (χ4n) is 3.37. The van der Waals surface area contributed by atoms with Crippen molar-refractivity contribution in [3.05, 3.63) is 29.8 Å². The van der Waals surface area contributed by atoms with E-state index in [-0.39, 0.29) is 5.91 Å². The van der Waals surface area contributed by atoms with Gasteiger partial charge in [-0.25, -0.2) is 0 Å². The van der Waals surface area contributed by atoms with E-state index in [1.807, 2.05) is 18.2 Å². The molecule has 2 unspecified atom stereocenters. The van der Waals surface area contributed by atoms with E-state index in [9.17, 15) is 4.79 Å². The van der Waals surface area contributed by atoms with E-state index in [2.05, 4.69) is 16.3 Å². The number of anilines is 1. The summed E-state index contributed by atoms with van der Waals surface area (Å²) in [5.41, 5.74) is 7.81. The number of nitrogens with zero attached hydrogens (tertiary/aromatic N) is 1. The first-order valence-electron chi connectivity index (χ1n) is 7.10. The second-order valence-electron chi connectivity index (χ2n) is 5.68. The van der Waals surface area contributed by atoms with Crippen LogP contribution in [0.2, 0.25) is 0 Å². The number of nitrogens with one attached hydrogen (secondary N) is 1. The zero-order chi connectivity index (χ0) is 13.2. The first-order chi connectivity index (χ1) is 9.22. The summed E-state index contributed by atoms with van der Waals surface area (Å²) in [6.45, 7) is 1.33. The van der Waals surface area contributed by atoms with Crippen molar-refractivity contribution in [3.8, 4) is 0 Å². The van der Waals surface area contributed by atoms with Crippen LogP contribution in [0.3, 0.4) is 0 Å². The minimum Gasteiger partial charge on any atom is -0.399 e. The van der Waals surface area contributed by atoms with Gasteiger partial charge in [0.15, 0.2) is 0 Å². The summed E-state index contributed by atoms with van der Waals surface area (Å²) in [4.78, 5) is 14.1. The molecule has 3 rings (SSSR count). The third kappa shape index (κ3) is 2.73. The minimum atomic E-state index is 0.159. The molecule has 1 aromatic carbocycles. The predicted molar refractivity (Wildman–Crippen MR) is 75.5 cm³/mol. The molecule has 3 N–H and O–H groups in total. The molecule has 4 heteroatoms. The number of hydrogen-bond acceptors (Lipinski definition) is 3. The molecule has 1 heterocycles. The smallest absolute Gasteiger partial charge is 0.234 e. The molecular formula is C15H21N3O. The molecule has 1 aromatic rings. The molecule has 1 aliphatic heterocycles. The van der Waals surface area contributed by atoms with Crippen LogP contribution in [0.15, 0.2) is 24.3 Å².